The van der Waals surface area contributed by atoms with Gasteiger partial charge in [0.05, 0.1) is 0 Å². The van der Waals surface area contributed by atoms with Crippen LogP contribution in [0.4, 0.5) is 0 Å². The zero-order chi connectivity index (χ0) is 13.1. The second kappa shape index (κ2) is 5.26. The summed E-state index contributed by atoms with van der Waals surface area (Å²) < 4.78 is 0. The minimum atomic E-state index is 0.361. The number of phenolic OH excluding ortho intramolecular Hbond substituents is 1. The van der Waals surface area contributed by atoms with Gasteiger partial charge in [0.25, 0.3) is 0 Å². The number of hydrogen-bond acceptors (Lipinski definition) is 1. The monoisotopic (exact) mass is 240 g/mol. The largest absolute Gasteiger partial charge is 0.507 e. The molecule has 0 aliphatic carbocycles. The van der Waals surface area contributed by atoms with Gasteiger partial charge >= 0.3 is 0 Å². The Balaban J connectivity index is 2.51. The van der Waals surface area contributed by atoms with Crippen LogP contribution < -0.4 is 0 Å². The van der Waals surface area contributed by atoms with Gasteiger partial charge in [-0.3, -0.25) is 0 Å². The zero-order valence-electron chi connectivity index (χ0n) is 11.3. The summed E-state index contributed by atoms with van der Waals surface area (Å²) in [5.41, 5.74) is 5.77. The number of aromatic hydroxyl groups is 1. The van der Waals surface area contributed by atoms with Crippen molar-refractivity contribution in [2.45, 2.75) is 33.6 Å². The first kappa shape index (κ1) is 12.7. The van der Waals surface area contributed by atoms with Crippen molar-refractivity contribution in [3.63, 3.8) is 0 Å². The number of phenols is 1. The van der Waals surface area contributed by atoms with Crippen molar-refractivity contribution < 1.29 is 5.11 Å². The summed E-state index contributed by atoms with van der Waals surface area (Å²) in [5, 5.41) is 10.0. The van der Waals surface area contributed by atoms with Crippen LogP contribution in [0.1, 0.15) is 30.0 Å². The van der Waals surface area contributed by atoms with Gasteiger partial charge in [0.2, 0.25) is 0 Å². The van der Waals surface area contributed by atoms with E-state index in [1.54, 1.807) is 6.07 Å². The van der Waals surface area contributed by atoms with Crippen molar-refractivity contribution in [1.82, 2.24) is 0 Å². The van der Waals surface area contributed by atoms with Crippen LogP contribution in [0.3, 0.4) is 0 Å². The first-order valence-electron chi connectivity index (χ1n) is 6.50. The highest BCUT2D eigenvalue weighted by molar-refractivity contribution is 5.72. The summed E-state index contributed by atoms with van der Waals surface area (Å²) in [7, 11) is 0. The van der Waals surface area contributed by atoms with Gasteiger partial charge in [0.15, 0.2) is 0 Å². The van der Waals surface area contributed by atoms with Crippen molar-refractivity contribution in [3.05, 3.63) is 53.1 Å². The fourth-order valence-corrected chi connectivity index (χ4v) is 2.39. The van der Waals surface area contributed by atoms with Gasteiger partial charge in [0, 0.05) is 5.56 Å². The molecule has 0 aromatic heterocycles. The molecule has 0 aliphatic rings. The molecule has 1 N–H and O–H groups in total. The van der Waals surface area contributed by atoms with Crippen molar-refractivity contribution in [2.24, 2.45) is 0 Å². The molecule has 1 nitrogen and oxygen atoms in total. The Labute approximate surface area is 109 Å². The Bertz CT molecular complexity index is 535. The molecular formula is C17H20O. The first-order chi connectivity index (χ1) is 8.60. The topological polar surface area (TPSA) is 20.2 Å². The predicted octanol–water partition coefficient (Wildman–Crippen LogP) is 4.63. The highest BCUT2D eigenvalue weighted by Gasteiger charge is 2.06. The molecule has 0 amide bonds. The summed E-state index contributed by atoms with van der Waals surface area (Å²) in [4.78, 5) is 0. The number of benzene rings is 2. The third-order valence-corrected chi connectivity index (χ3v) is 3.13. The molecule has 94 valence electrons. The van der Waals surface area contributed by atoms with Crippen molar-refractivity contribution in [1.29, 1.82) is 0 Å². The van der Waals surface area contributed by atoms with E-state index in [0.29, 0.717) is 5.75 Å². The maximum absolute atomic E-state index is 10.0. The first-order valence-corrected chi connectivity index (χ1v) is 6.50. The van der Waals surface area contributed by atoms with E-state index in [0.717, 1.165) is 24.0 Å². The molecule has 0 bridgehead atoms. The highest BCUT2D eigenvalue weighted by atomic mass is 16.3. The zero-order valence-corrected chi connectivity index (χ0v) is 11.3. The van der Waals surface area contributed by atoms with E-state index in [1.807, 2.05) is 6.07 Å². The van der Waals surface area contributed by atoms with Crippen LogP contribution in [-0.2, 0) is 6.42 Å². The Kier molecular flexibility index (Phi) is 3.71. The lowest BCUT2D eigenvalue weighted by Gasteiger charge is -2.09. The van der Waals surface area contributed by atoms with E-state index < -0.39 is 0 Å². The van der Waals surface area contributed by atoms with Crippen molar-refractivity contribution >= 4 is 0 Å². The van der Waals surface area contributed by atoms with E-state index >= 15 is 0 Å². The van der Waals surface area contributed by atoms with Crippen LogP contribution in [0.2, 0.25) is 0 Å². The minimum Gasteiger partial charge on any atom is -0.507 e. The Morgan fingerprint density at radius 3 is 2.22 bits per heavy atom. The molecule has 18 heavy (non-hydrogen) atoms. The average Bonchev–Trinajstić information content (AvgIpc) is 2.30. The van der Waals surface area contributed by atoms with Gasteiger partial charge in [-0.2, -0.15) is 0 Å². The van der Waals surface area contributed by atoms with Crippen molar-refractivity contribution in [3.8, 4) is 16.9 Å². The van der Waals surface area contributed by atoms with E-state index in [9.17, 15) is 5.11 Å². The predicted molar refractivity (Wildman–Crippen MR) is 77.0 cm³/mol. The number of hydrogen-bond donors (Lipinski definition) is 1. The number of aryl methyl sites for hydroxylation is 3. The van der Waals surface area contributed by atoms with Gasteiger partial charge < -0.3 is 5.11 Å². The Morgan fingerprint density at radius 2 is 1.61 bits per heavy atom. The van der Waals surface area contributed by atoms with Gasteiger partial charge in [0.1, 0.15) is 5.75 Å². The maximum Gasteiger partial charge on any atom is 0.123 e. The van der Waals surface area contributed by atoms with Gasteiger partial charge in [-0.15, -0.1) is 0 Å². The van der Waals surface area contributed by atoms with Crippen LogP contribution in [-0.4, -0.2) is 5.11 Å². The third kappa shape index (κ3) is 2.73. The van der Waals surface area contributed by atoms with Gasteiger partial charge in [-0.25, -0.2) is 0 Å². The van der Waals surface area contributed by atoms with E-state index in [1.165, 1.54) is 16.7 Å². The lowest BCUT2D eigenvalue weighted by molar-refractivity contribution is 0.477. The lowest BCUT2D eigenvalue weighted by atomic mass is 9.97. The highest BCUT2D eigenvalue weighted by Crippen LogP contribution is 2.31. The van der Waals surface area contributed by atoms with Crippen LogP contribution in [0.25, 0.3) is 11.1 Å². The summed E-state index contributed by atoms with van der Waals surface area (Å²) in [6.45, 7) is 6.34. The Morgan fingerprint density at radius 1 is 0.944 bits per heavy atom. The molecule has 0 spiro atoms. The molecule has 0 heterocycles. The quantitative estimate of drug-likeness (QED) is 0.829. The van der Waals surface area contributed by atoms with Gasteiger partial charge in [-0.05, 0) is 43.5 Å². The van der Waals surface area contributed by atoms with Crippen molar-refractivity contribution in [2.75, 3.05) is 0 Å². The molecule has 2 aromatic carbocycles. The van der Waals surface area contributed by atoms with Crippen LogP contribution >= 0.6 is 0 Å². The minimum absolute atomic E-state index is 0.361. The maximum atomic E-state index is 10.0. The molecule has 0 unspecified atom stereocenters. The van der Waals surface area contributed by atoms with Crippen LogP contribution in [0.5, 0.6) is 5.75 Å². The summed E-state index contributed by atoms with van der Waals surface area (Å²) >= 11 is 0. The standard InChI is InChI=1S/C17H20O/c1-4-5-14-6-7-17(18)16(11-14)15-9-12(2)8-13(3)10-15/h6-11,18H,4-5H2,1-3H3. The van der Waals surface area contributed by atoms with Crippen LogP contribution in [0.15, 0.2) is 36.4 Å². The second-order valence-corrected chi connectivity index (χ2v) is 4.98. The number of rotatable bonds is 3. The Hall–Kier alpha value is -1.76. The fourth-order valence-electron chi connectivity index (χ4n) is 2.39. The van der Waals surface area contributed by atoms with Crippen LogP contribution in [0, 0.1) is 13.8 Å². The summed E-state index contributed by atoms with van der Waals surface area (Å²) in [6.07, 6.45) is 2.18. The molecule has 2 rings (SSSR count). The second-order valence-electron chi connectivity index (χ2n) is 4.98. The van der Waals surface area contributed by atoms with E-state index in [-0.39, 0.29) is 0 Å². The van der Waals surface area contributed by atoms with E-state index in [2.05, 4.69) is 45.0 Å². The molecule has 0 radical (unpaired) electrons. The SMILES string of the molecule is CCCc1ccc(O)c(-c2cc(C)cc(C)c2)c1. The molecule has 0 saturated heterocycles. The molecule has 2 aromatic rings. The molecule has 0 atom stereocenters. The van der Waals surface area contributed by atoms with E-state index in [4.69, 9.17) is 0 Å². The molecule has 0 fully saturated rings. The summed E-state index contributed by atoms with van der Waals surface area (Å²) in [5.74, 6) is 0.361. The average molecular weight is 240 g/mol. The molecule has 1 heteroatoms. The fraction of sp³-hybridized carbons (Fsp3) is 0.294. The lowest BCUT2D eigenvalue weighted by Crippen LogP contribution is -1.88. The molecule has 0 aliphatic heterocycles. The third-order valence-electron chi connectivity index (χ3n) is 3.13. The van der Waals surface area contributed by atoms with Gasteiger partial charge in [-0.1, -0.05) is 48.7 Å². The smallest absolute Gasteiger partial charge is 0.123 e. The summed E-state index contributed by atoms with van der Waals surface area (Å²) in [6, 6.07) is 12.3. The normalized spacial score (nSPS) is 10.6. The molecule has 0 saturated carbocycles. The molecular weight excluding hydrogens is 220 g/mol.